The molecule has 0 aliphatic heterocycles. The third-order valence-corrected chi connectivity index (χ3v) is 3.06. The van der Waals surface area contributed by atoms with Crippen LogP contribution in [0.5, 0.6) is 5.75 Å². The molecular formula is C18H19FO. The van der Waals surface area contributed by atoms with Crippen LogP contribution in [-0.4, -0.2) is 6.61 Å². The quantitative estimate of drug-likeness (QED) is 0.703. The van der Waals surface area contributed by atoms with Crippen molar-refractivity contribution in [3.63, 3.8) is 0 Å². The molecule has 2 aromatic carbocycles. The zero-order valence-electron chi connectivity index (χ0n) is 11.7. The summed E-state index contributed by atoms with van der Waals surface area (Å²) in [5.41, 5.74) is 3.41. The van der Waals surface area contributed by atoms with Crippen LogP contribution in [0.2, 0.25) is 0 Å². The summed E-state index contributed by atoms with van der Waals surface area (Å²) >= 11 is 0. The molecule has 0 N–H and O–H groups in total. The Morgan fingerprint density at radius 1 is 0.950 bits per heavy atom. The highest BCUT2D eigenvalue weighted by Crippen LogP contribution is 2.23. The predicted molar refractivity (Wildman–Crippen MR) is 81.6 cm³/mol. The van der Waals surface area contributed by atoms with E-state index in [0.717, 1.165) is 35.5 Å². The fourth-order valence-corrected chi connectivity index (χ4v) is 1.98. The maximum absolute atomic E-state index is 12.0. The maximum Gasteiger partial charge on any atom is 0.119 e. The molecule has 104 valence electrons. The van der Waals surface area contributed by atoms with Crippen LogP contribution in [0.4, 0.5) is 4.39 Å². The maximum atomic E-state index is 12.0. The Labute approximate surface area is 119 Å². The van der Waals surface area contributed by atoms with E-state index in [4.69, 9.17) is 4.74 Å². The minimum atomic E-state index is 0.586. The van der Waals surface area contributed by atoms with Gasteiger partial charge in [-0.3, -0.25) is 0 Å². The molecule has 0 unspecified atom stereocenters. The summed E-state index contributed by atoms with van der Waals surface area (Å²) < 4.78 is 17.5. The van der Waals surface area contributed by atoms with Crippen LogP contribution >= 0.6 is 0 Å². The molecule has 0 saturated heterocycles. The van der Waals surface area contributed by atoms with Gasteiger partial charge in [-0.25, -0.2) is 4.39 Å². The summed E-state index contributed by atoms with van der Waals surface area (Å²) in [6.45, 7) is 2.84. The van der Waals surface area contributed by atoms with E-state index in [1.165, 1.54) is 6.08 Å². The van der Waals surface area contributed by atoms with E-state index < -0.39 is 0 Å². The first-order chi connectivity index (χ1) is 9.83. The van der Waals surface area contributed by atoms with Crippen molar-refractivity contribution in [2.45, 2.75) is 19.8 Å². The van der Waals surface area contributed by atoms with Gasteiger partial charge in [0.2, 0.25) is 0 Å². The van der Waals surface area contributed by atoms with Crippen LogP contribution in [0.3, 0.4) is 0 Å². The van der Waals surface area contributed by atoms with Crippen molar-refractivity contribution in [2.75, 3.05) is 6.61 Å². The first-order valence-corrected chi connectivity index (χ1v) is 6.91. The summed E-state index contributed by atoms with van der Waals surface area (Å²) in [5.74, 6) is 0.903. The Hall–Kier alpha value is -2.09. The van der Waals surface area contributed by atoms with Crippen LogP contribution in [0.25, 0.3) is 11.1 Å². The van der Waals surface area contributed by atoms with E-state index in [1.54, 1.807) is 0 Å². The SMILES string of the molecule is CCCOc1ccc(-c2ccc(C/C=C/F)cc2)cc1. The molecule has 2 heteroatoms. The highest BCUT2D eigenvalue weighted by molar-refractivity contribution is 5.64. The largest absolute Gasteiger partial charge is 0.494 e. The lowest BCUT2D eigenvalue weighted by molar-refractivity contribution is 0.317. The molecule has 0 amide bonds. The number of benzene rings is 2. The average Bonchev–Trinajstić information content (AvgIpc) is 2.52. The molecule has 2 aromatic rings. The molecular weight excluding hydrogens is 251 g/mol. The molecule has 2 rings (SSSR count). The Kier molecular flexibility index (Phi) is 5.36. The summed E-state index contributed by atoms with van der Waals surface area (Å²) in [6.07, 6.45) is 3.73. The second kappa shape index (κ2) is 7.49. The van der Waals surface area contributed by atoms with Gasteiger partial charge in [0.05, 0.1) is 12.9 Å². The predicted octanol–water partition coefficient (Wildman–Crippen LogP) is 5.17. The third-order valence-electron chi connectivity index (χ3n) is 3.06. The minimum Gasteiger partial charge on any atom is -0.494 e. The van der Waals surface area contributed by atoms with E-state index in [0.29, 0.717) is 12.8 Å². The second-order valence-electron chi connectivity index (χ2n) is 4.64. The van der Waals surface area contributed by atoms with Crippen LogP contribution in [0.1, 0.15) is 18.9 Å². The first kappa shape index (κ1) is 14.3. The van der Waals surface area contributed by atoms with Crippen molar-refractivity contribution in [1.82, 2.24) is 0 Å². The Morgan fingerprint density at radius 2 is 1.55 bits per heavy atom. The Morgan fingerprint density at radius 3 is 2.10 bits per heavy atom. The van der Waals surface area contributed by atoms with Crippen molar-refractivity contribution in [1.29, 1.82) is 0 Å². The standard InChI is InChI=1S/C18H19FO/c1-2-14-20-18-11-9-17(10-12-18)16-7-5-15(6-8-16)4-3-13-19/h3,5-13H,2,4,14H2,1H3/b13-3+. The summed E-state index contributed by atoms with van der Waals surface area (Å²) in [4.78, 5) is 0. The van der Waals surface area contributed by atoms with Gasteiger partial charge >= 0.3 is 0 Å². The van der Waals surface area contributed by atoms with Gasteiger partial charge in [-0.15, -0.1) is 0 Å². The highest BCUT2D eigenvalue weighted by Gasteiger charge is 1.99. The van der Waals surface area contributed by atoms with Gasteiger partial charge in [0.15, 0.2) is 0 Å². The fraction of sp³-hybridized carbons (Fsp3) is 0.222. The van der Waals surface area contributed by atoms with Crippen LogP contribution in [0.15, 0.2) is 60.9 Å². The zero-order chi connectivity index (χ0) is 14.2. The smallest absolute Gasteiger partial charge is 0.119 e. The van der Waals surface area contributed by atoms with E-state index in [9.17, 15) is 4.39 Å². The molecule has 1 nitrogen and oxygen atoms in total. The fourth-order valence-electron chi connectivity index (χ4n) is 1.98. The molecule has 0 radical (unpaired) electrons. The van der Waals surface area contributed by atoms with Crippen molar-refractivity contribution in [3.05, 3.63) is 66.5 Å². The topological polar surface area (TPSA) is 9.23 Å². The van der Waals surface area contributed by atoms with Gasteiger partial charge in [-0.05, 0) is 41.7 Å². The summed E-state index contributed by atoms with van der Waals surface area (Å²) in [7, 11) is 0. The molecule has 0 heterocycles. The zero-order valence-corrected chi connectivity index (χ0v) is 11.7. The number of hydrogen-bond donors (Lipinski definition) is 0. The number of hydrogen-bond acceptors (Lipinski definition) is 1. The number of halogens is 1. The average molecular weight is 270 g/mol. The van der Waals surface area contributed by atoms with Crippen molar-refractivity contribution < 1.29 is 9.13 Å². The van der Waals surface area contributed by atoms with Gasteiger partial charge in [-0.2, -0.15) is 0 Å². The Bertz CT molecular complexity index is 541. The second-order valence-corrected chi connectivity index (χ2v) is 4.64. The molecule has 0 bridgehead atoms. The van der Waals surface area contributed by atoms with E-state index in [1.807, 2.05) is 24.3 Å². The third kappa shape index (κ3) is 3.95. The Balaban J connectivity index is 2.07. The summed E-state index contributed by atoms with van der Waals surface area (Å²) in [5, 5.41) is 0. The number of rotatable bonds is 6. The summed E-state index contributed by atoms with van der Waals surface area (Å²) in [6, 6.07) is 16.3. The van der Waals surface area contributed by atoms with E-state index in [-0.39, 0.29) is 0 Å². The van der Waals surface area contributed by atoms with Crippen molar-refractivity contribution in [2.24, 2.45) is 0 Å². The molecule has 0 fully saturated rings. The number of ether oxygens (including phenoxy) is 1. The lowest BCUT2D eigenvalue weighted by Gasteiger charge is -2.07. The molecule has 20 heavy (non-hydrogen) atoms. The lowest BCUT2D eigenvalue weighted by Crippen LogP contribution is -1.94. The van der Waals surface area contributed by atoms with Gasteiger partial charge in [0.1, 0.15) is 5.75 Å². The van der Waals surface area contributed by atoms with Gasteiger partial charge in [0.25, 0.3) is 0 Å². The molecule has 0 atom stereocenters. The van der Waals surface area contributed by atoms with Gasteiger partial charge in [-0.1, -0.05) is 49.4 Å². The van der Waals surface area contributed by atoms with E-state index in [2.05, 4.69) is 31.2 Å². The molecule has 0 spiro atoms. The van der Waals surface area contributed by atoms with Crippen molar-refractivity contribution in [3.8, 4) is 16.9 Å². The molecule has 0 saturated carbocycles. The first-order valence-electron chi connectivity index (χ1n) is 6.91. The normalized spacial score (nSPS) is 10.9. The van der Waals surface area contributed by atoms with Crippen LogP contribution < -0.4 is 4.74 Å². The van der Waals surface area contributed by atoms with Gasteiger partial charge < -0.3 is 4.74 Å². The van der Waals surface area contributed by atoms with Crippen LogP contribution in [-0.2, 0) is 6.42 Å². The molecule has 0 aliphatic carbocycles. The molecule has 0 aromatic heterocycles. The van der Waals surface area contributed by atoms with Crippen molar-refractivity contribution >= 4 is 0 Å². The number of allylic oxidation sites excluding steroid dienone is 1. The monoisotopic (exact) mass is 270 g/mol. The van der Waals surface area contributed by atoms with Gasteiger partial charge in [0, 0.05) is 0 Å². The minimum absolute atomic E-state index is 0.586. The van der Waals surface area contributed by atoms with E-state index >= 15 is 0 Å². The lowest BCUT2D eigenvalue weighted by atomic mass is 10.0. The molecule has 0 aliphatic rings. The van der Waals surface area contributed by atoms with Crippen LogP contribution in [0, 0.1) is 0 Å². The highest BCUT2D eigenvalue weighted by atomic mass is 19.1.